The van der Waals surface area contributed by atoms with E-state index < -0.39 is 17.6 Å². The average molecular weight is 455 g/mol. The molecule has 2 aliphatic carbocycles. The van der Waals surface area contributed by atoms with E-state index in [9.17, 15) is 17.6 Å². The number of alkyl halides is 3. The molecule has 32 heavy (non-hydrogen) atoms. The molecule has 2 saturated carbocycles. The molecule has 0 amide bonds. The van der Waals surface area contributed by atoms with E-state index in [2.05, 4.69) is 6.92 Å². The Morgan fingerprint density at radius 3 is 1.78 bits per heavy atom. The van der Waals surface area contributed by atoms with Crippen LogP contribution in [0, 0.1) is 23.6 Å². The lowest BCUT2D eigenvalue weighted by Gasteiger charge is -2.32. The third kappa shape index (κ3) is 7.76. The number of hydrogen-bond donors (Lipinski definition) is 0. The molecule has 0 saturated heterocycles. The van der Waals surface area contributed by atoms with Gasteiger partial charge in [-0.25, -0.2) is 4.39 Å². The van der Waals surface area contributed by atoms with Crippen LogP contribution in [0.2, 0.25) is 0 Å². The molecule has 2 aliphatic rings. The van der Waals surface area contributed by atoms with Gasteiger partial charge < -0.3 is 0 Å². The summed E-state index contributed by atoms with van der Waals surface area (Å²) in [5.74, 6) is 1.94. The summed E-state index contributed by atoms with van der Waals surface area (Å²) in [6.45, 7) is 2.27. The molecule has 0 radical (unpaired) electrons. The molecule has 2 fully saturated rings. The number of unbranched alkanes of at least 4 members (excludes halogenated alkanes) is 4. The molecule has 3 rings (SSSR count). The second-order valence-corrected chi connectivity index (χ2v) is 10.6. The van der Waals surface area contributed by atoms with Crippen molar-refractivity contribution in [2.24, 2.45) is 17.8 Å². The van der Waals surface area contributed by atoms with Gasteiger partial charge in [0.15, 0.2) is 0 Å². The van der Waals surface area contributed by atoms with Gasteiger partial charge >= 0.3 is 6.18 Å². The van der Waals surface area contributed by atoms with E-state index in [0.717, 1.165) is 43.6 Å². The molecule has 0 bridgehead atoms. The van der Waals surface area contributed by atoms with Gasteiger partial charge in [-0.05, 0) is 67.1 Å². The van der Waals surface area contributed by atoms with Crippen LogP contribution >= 0.6 is 0 Å². The highest BCUT2D eigenvalue weighted by Crippen LogP contribution is 2.41. The van der Waals surface area contributed by atoms with E-state index in [1.807, 2.05) is 0 Å². The van der Waals surface area contributed by atoms with Crippen molar-refractivity contribution >= 4 is 0 Å². The second kappa shape index (κ2) is 12.4. The van der Waals surface area contributed by atoms with Crippen LogP contribution in [0.4, 0.5) is 17.6 Å². The van der Waals surface area contributed by atoms with Crippen molar-refractivity contribution < 1.29 is 17.6 Å². The Morgan fingerprint density at radius 2 is 1.25 bits per heavy atom. The quantitative estimate of drug-likeness (QED) is 0.244. The Labute approximate surface area is 192 Å². The summed E-state index contributed by atoms with van der Waals surface area (Å²) in [4.78, 5) is 0. The molecular weight excluding hydrogens is 412 g/mol. The molecule has 0 atom stereocenters. The van der Waals surface area contributed by atoms with Gasteiger partial charge in [-0.1, -0.05) is 90.0 Å². The fourth-order valence-electron chi connectivity index (χ4n) is 6.11. The standard InChI is InChI=1S/C28H42F4/c1-2-3-4-5-6-7-21-8-10-22(11-9-21)12-13-23-14-16-24(17-15-23)26-19-18-25(20-27(26)29)28(30,31)32/h18-24H,2-17H2,1H3. The van der Waals surface area contributed by atoms with Crippen LogP contribution in [0.5, 0.6) is 0 Å². The third-order valence-electron chi connectivity index (χ3n) is 8.28. The third-order valence-corrected chi connectivity index (χ3v) is 8.28. The van der Waals surface area contributed by atoms with Gasteiger partial charge in [0.2, 0.25) is 0 Å². The highest BCUT2D eigenvalue weighted by Gasteiger charge is 2.32. The molecule has 4 heteroatoms. The lowest BCUT2D eigenvalue weighted by Crippen LogP contribution is -2.18. The number of hydrogen-bond acceptors (Lipinski definition) is 0. The normalized spacial score (nSPS) is 26.9. The summed E-state index contributed by atoms with van der Waals surface area (Å²) in [5.41, 5.74) is -0.414. The molecule has 0 unspecified atom stereocenters. The highest BCUT2D eigenvalue weighted by atomic mass is 19.4. The summed E-state index contributed by atoms with van der Waals surface area (Å²) in [6.07, 6.45) is 16.1. The van der Waals surface area contributed by atoms with E-state index in [1.165, 1.54) is 83.1 Å². The predicted molar refractivity (Wildman–Crippen MR) is 124 cm³/mol. The summed E-state index contributed by atoms with van der Waals surface area (Å²) < 4.78 is 52.7. The maximum absolute atomic E-state index is 14.3. The van der Waals surface area contributed by atoms with Crippen molar-refractivity contribution in [1.29, 1.82) is 0 Å². The minimum Gasteiger partial charge on any atom is -0.207 e. The smallest absolute Gasteiger partial charge is 0.207 e. The molecule has 0 aliphatic heterocycles. The Kier molecular flexibility index (Phi) is 9.92. The van der Waals surface area contributed by atoms with E-state index in [4.69, 9.17) is 0 Å². The first kappa shape index (κ1) is 25.6. The van der Waals surface area contributed by atoms with Crippen LogP contribution in [-0.2, 0) is 6.18 Å². The molecule has 0 nitrogen and oxygen atoms in total. The Hall–Kier alpha value is -1.06. The minimum atomic E-state index is -4.48. The average Bonchev–Trinajstić information content (AvgIpc) is 2.78. The lowest BCUT2D eigenvalue weighted by molar-refractivity contribution is -0.137. The fourth-order valence-corrected chi connectivity index (χ4v) is 6.11. The van der Waals surface area contributed by atoms with Crippen LogP contribution in [0.25, 0.3) is 0 Å². The molecule has 1 aromatic carbocycles. The van der Waals surface area contributed by atoms with Crippen molar-refractivity contribution in [1.82, 2.24) is 0 Å². The molecule has 1 aromatic rings. The number of benzene rings is 1. The van der Waals surface area contributed by atoms with Gasteiger partial charge in [0.1, 0.15) is 5.82 Å². The van der Waals surface area contributed by atoms with Crippen molar-refractivity contribution in [3.05, 3.63) is 35.1 Å². The summed E-state index contributed by atoms with van der Waals surface area (Å²) in [6, 6.07) is 3.07. The van der Waals surface area contributed by atoms with E-state index in [1.54, 1.807) is 0 Å². The molecule has 182 valence electrons. The van der Waals surface area contributed by atoms with Crippen LogP contribution in [0.3, 0.4) is 0 Å². The van der Waals surface area contributed by atoms with Gasteiger partial charge in [0.05, 0.1) is 5.56 Å². The van der Waals surface area contributed by atoms with Crippen LogP contribution in [-0.4, -0.2) is 0 Å². The monoisotopic (exact) mass is 454 g/mol. The zero-order valence-electron chi connectivity index (χ0n) is 19.9. The first-order valence-corrected chi connectivity index (χ1v) is 13.2. The van der Waals surface area contributed by atoms with Crippen LogP contribution in [0.1, 0.15) is 127 Å². The first-order chi connectivity index (χ1) is 15.4. The predicted octanol–water partition coefficient (Wildman–Crippen LogP) is 10.1. The second-order valence-electron chi connectivity index (χ2n) is 10.6. The molecule has 0 heterocycles. The largest absolute Gasteiger partial charge is 0.416 e. The lowest BCUT2D eigenvalue weighted by atomic mass is 9.74. The molecule has 0 aromatic heterocycles. The first-order valence-electron chi connectivity index (χ1n) is 13.2. The van der Waals surface area contributed by atoms with Gasteiger partial charge in [-0.3, -0.25) is 0 Å². The SMILES string of the molecule is CCCCCCCC1CCC(CCC2CCC(c3ccc(C(F)(F)F)cc3F)CC2)CC1. The Balaban J connectivity index is 1.32. The highest BCUT2D eigenvalue weighted by molar-refractivity contribution is 5.29. The zero-order chi connectivity index (χ0) is 23.0. The zero-order valence-corrected chi connectivity index (χ0v) is 19.9. The van der Waals surface area contributed by atoms with Crippen molar-refractivity contribution in [3.8, 4) is 0 Å². The number of rotatable bonds is 10. The maximum Gasteiger partial charge on any atom is 0.416 e. The van der Waals surface area contributed by atoms with Gasteiger partial charge in [-0.15, -0.1) is 0 Å². The van der Waals surface area contributed by atoms with E-state index in [-0.39, 0.29) is 5.92 Å². The Bertz CT molecular complexity index is 665. The van der Waals surface area contributed by atoms with Gasteiger partial charge in [0, 0.05) is 0 Å². The molecular formula is C28H42F4. The van der Waals surface area contributed by atoms with Crippen molar-refractivity contribution in [2.75, 3.05) is 0 Å². The fraction of sp³-hybridized carbons (Fsp3) is 0.786. The van der Waals surface area contributed by atoms with Crippen molar-refractivity contribution in [3.63, 3.8) is 0 Å². The van der Waals surface area contributed by atoms with Crippen LogP contribution < -0.4 is 0 Å². The topological polar surface area (TPSA) is 0 Å². The minimum absolute atomic E-state index is 0.0706. The maximum atomic E-state index is 14.3. The Morgan fingerprint density at radius 1 is 0.719 bits per heavy atom. The number of halogens is 4. The summed E-state index contributed by atoms with van der Waals surface area (Å²) >= 11 is 0. The van der Waals surface area contributed by atoms with Crippen molar-refractivity contribution in [2.45, 2.75) is 122 Å². The van der Waals surface area contributed by atoms with Gasteiger partial charge in [0.25, 0.3) is 0 Å². The van der Waals surface area contributed by atoms with E-state index >= 15 is 0 Å². The summed E-state index contributed by atoms with van der Waals surface area (Å²) in [7, 11) is 0. The van der Waals surface area contributed by atoms with E-state index in [0.29, 0.717) is 17.5 Å². The molecule has 0 spiro atoms. The molecule has 0 N–H and O–H groups in total. The summed E-state index contributed by atoms with van der Waals surface area (Å²) in [5, 5.41) is 0. The van der Waals surface area contributed by atoms with Gasteiger partial charge in [-0.2, -0.15) is 13.2 Å². The van der Waals surface area contributed by atoms with Crippen LogP contribution in [0.15, 0.2) is 18.2 Å².